The van der Waals surface area contributed by atoms with E-state index in [-0.39, 0.29) is 0 Å². The summed E-state index contributed by atoms with van der Waals surface area (Å²) in [5.74, 6) is 1.68. The van der Waals surface area contributed by atoms with Gasteiger partial charge in [-0.2, -0.15) is 0 Å². The summed E-state index contributed by atoms with van der Waals surface area (Å²) < 4.78 is 10.3. The molecule has 0 fully saturated rings. The lowest BCUT2D eigenvalue weighted by Crippen LogP contribution is -2.08. The zero-order chi connectivity index (χ0) is 14.6. The number of anilines is 2. The zero-order valence-electron chi connectivity index (χ0n) is 12.4. The van der Waals surface area contributed by atoms with Crippen LogP contribution in [0.1, 0.15) is 12.8 Å². The van der Waals surface area contributed by atoms with Gasteiger partial charge in [0.05, 0.1) is 13.2 Å². The van der Waals surface area contributed by atoms with Gasteiger partial charge in [-0.25, -0.2) is 9.97 Å². The van der Waals surface area contributed by atoms with Crippen molar-refractivity contribution in [2.45, 2.75) is 18.0 Å². The monoisotopic (exact) mass is 300 g/mol. The van der Waals surface area contributed by atoms with E-state index in [0.29, 0.717) is 13.2 Å². The van der Waals surface area contributed by atoms with Crippen LogP contribution >= 0.6 is 11.8 Å². The predicted molar refractivity (Wildman–Crippen MR) is 83.8 cm³/mol. The van der Waals surface area contributed by atoms with Gasteiger partial charge in [0.25, 0.3) is 0 Å². The van der Waals surface area contributed by atoms with Crippen molar-refractivity contribution in [1.82, 2.24) is 9.97 Å². The van der Waals surface area contributed by atoms with Crippen molar-refractivity contribution in [1.29, 1.82) is 0 Å². The molecule has 0 spiro atoms. The minimum absolute atomic E-state index is 0.656. The molecule has 0 aliphatic heterocycles. The maximum Gasteiger partial charge on any atom is 0.191 e. The van der Waals surface area contributed by atoms with E-state index in [2.05, 4.69) is 20.6 Å². The van der Waals surface area contributed by atoms with Crippen LogP contribution in [0.2, 0.25) is 0 Å². The van der Waals surface area contributed by atoms with Gasteiger partial charge in [-0.15, -0.1) is 0 Å². The number of nitrogens with zero attached hydrogens (tertiary/aromatic N) is 2. The number of hydrogen-bond donors (Lipinski definition) is 2. The Balaban J connectivity index is 2.21. The fourth-order valence-electron chi connectivity index (χ4n) is 1.52. The minimum atomic E-state index is 0.656. The first-order valence-electron chi connectivity index (χ1n) is 6.71. The Hall–Kier alpha value is -1.05. The van der Waals surface area contributed by atoms with Gasteiger partial charge in [-0.1, -0.05) is 11.8 Å². The summed E-state index contributed by atoms with van der Waals surface area (Å²) in [5.41, 5.74) is 0. The molecule has 1 aromatic rings. The van der Waals surface area contributed by atoms with E-state index in [9.17, 15) is 0 Å². The Labute approximate surface area is 125 Å². The van der Waals surface area contributed by atoms with Crippen LogP contribution in [0.15, 0.2) is 11.2 Å². The third kappa shape index (κ3) is 6.93. The Morgan fingerprint density at radius 2 is 1.95 bits per heavy atom. The van der Waals surface area contributed by atoms with Crippen LogP contribution in [0.3, 0.4) is 0 Å². The Morgan fingerprint density at radius 1 is 1.15 bits per heavy atom. The predicted octanol–water partition coefficient (Wildman–Crippen LogP) is 2.10. The number of unbranched alkanes of at least 4 members (excludes halogenated alkanes) is 1. The molecule has 0 unspecified atom stereocenters. The molecule has 0 radical (unpaired) electrons. The molecule has 1 rings (SSSR count). The summed E-state index contributed by atoms with van der Waals surface area (Å²) in [6.07, 6.45) is 4.03. The van der Waals surface area contributed by atoms with Gasteiger partial charge in [0.15, 0.2) is 5.16 Å². The van der Waals surface area contributed by atoms with Gasteiger partial charge in [-0.3, -0.25) is 0 Å². The van der Waals surface area contributed by atoms with Gasteiger partial charge < -0.3 is 20.1 Å². The lowest BCUT2D eigenvalue weighted by atomic mass is 10.3. The van der Waals surface area contributed by atoms with E-state index in [1.54, 1.807) is 7.11 Å². The summed E-state index contributed by atoms with van der Waals surface area (Å²) in [6.45, 7) is 2.97. The van der Waals surface area contributed by atoms with Gasteiger partial charge in [0.2, 0.25) is 0 Å². The van der Waals surface area contributed by atoms with Crippen molar-refractivity contribution >= 4 is 23.4 Å². The minimum Gasteiger partial charge on any atom is -0.382 e. The Bertz CT molecular complexity index is 357. The van der Waals surface area contributed by atoms with E-state index in [1.807, 2.05) is 19.4 Å². The van der Waals surface area contributed by atoms with E-state index < -0.39 is 0 Å². The summed E-state index contributed by atoms with van der Waals surface area (Å²) in [5, 5.41) is 7.11. The number of hydrogen-bond acceptors (Lipinski definition) is 7. The highest BCUT2D eigenvalue weighted by Crippen LogP contribution is 2.16. The third-order valence-electron chi connectivity index (χ3n) is 2.60. The van der Waals surface area contributed by atoms with Crippen molar-refractivity contribution in [2.75, 3.05) is 57.4 Å². The highest BCUT2D eigenvalue weighted by molar-refractivity contribution is 7.98. The number of nitrogens with one attached hydrogen (secondary N) is 2. The number of aromatic nitrogens is 2. The molecule has 7 heteroatoms. The molecular weight excluding hydrogens is 276 g/mol. The van der Waals surface area contributed by atoms with Crippen LogP contribution in [0.4, 0.5) is 11.6 Å². The van der Waals surface area contributed by atoms with Gasteiger partial charge in [0, 0.05) is 33.4 Å². The molecule has 6 nitrogen and oxygen atoms in total. The number of methoxy groups -OCH3 is 1. The first-order chi connectivity index (χ1) is 9.80. The maximum atomic E-state index is 5.41. The molecule has 0 aliphatic rings. The molecule has 0 atom stereocenters. The van der Waals surface area contributed by atoms with Crippen molar-refractivity contribution < 1.29 is 9.47 Å². The molecule has 0 bridgehead atoms. The topological polar surface area (TPSA) is 68.3 Å². The maximum absolute atomic E-state index is 5.41. The average Bonchev–Trinajstić information content (AvgIpc) is 2.49. The highest BCUT2D eigenvalue weighted by atomic mass is 32.2. The zero-order valence-corrected chi connectivity index (χ0v) is 13.3. The number of rotatable bonds is 11. The molecule has 114 valence electrons. The van der Waals surface area contributed by atoms with Crippen molar-refractivity contribution in [3.8, 4) is 0 Å². The molecule has 0 aromatic carbocycles. The van der Waals surface area contributed by atoms with E-state index in [4.69, 9.17) is 9.47 Å². The van der Waals surface area contributed by atoms with Gasteiger partial charge >= 0.3 is 0 Å². The van der Waals surface area contributed by atoms with Gasteiger partial charge in [0.1, 0.15) is 11.6 Å². The average molecular weight is 300 g/mol. The number of ether oxygens (including phenoxy) is 2. The van der Waals surface area contributed by atoms with Crippen LogP contribution in [0, 0.1) is 0 Å². The second-order valence-electron chi connectivity index (χ2n) is 4.11. The van der Waals surface area contributed by atoms with Crippen LogP contribution in [0.5, 0.6) is 0 Å². The molecule has 1 heterocycles. The summed E-state index contributed by atoms with van der Waals surface area (Å²) in [6, 6.07) is 1.91. The number of thioether (sulfide) groups is 1. The van der Waals surface area contributed by atoms with Crippen LogP contribution in [-0.4, -0.2) is 56.7 Å². The first kappa shape index (κ1) is 17.0. The largest absolute Gasteiger partial charge is 0.382 e. The molecule has 0 saturated carbocycles. The van der Waals surface area contributed by atoms with Crippen LogP contribution < -0.4 is 10.6 Å². The fraction of sp³-hybridized carbons (Fsp3) is 0.692. The summed E-state index contributed by atoms with van der Waals surface area (Å²) in [7, 11) is 3.53. The molecule has 0 saturated heterocycles. The fourth-order valence-corrected chi connectivity index (χ4v) is 1.90. The molecule has 2 N–H and O–H groups in total. The van der Waals surface area contributed by atoms with E-state index >= 15 is 0 Å². The summed E-state index contributed by atoms with van der Waals surface area (Å²) >= 11 is 1.53. The van der Waals surface area contributed by atoms with Crippen LogP contribution in [-0.2, 0) is 9.47 Å². The Morgan fingerprint density at radius 3 is 2.65 bits per heavy atom. The second kappa shape index (κ2) is 10.7. The normalized spacial score (nSPS) is 10.6. The molecular formula is C13H24N4O2S. The standard InChI is InChI=1S/C13H24N4O2S/c1-14-11-10-12(17-13(16-11)20-3)15-6-4-5-7-19-9-8-18-2/h10H,4-9H2,1-3H3,(H2,14,15,16,17). The van der Waals surface area contributed by atoms with Crippen LogP contribution in [0.25, 0.3) is 0 Å². The highest BCUT2D eigenvalue weighted by Gasteiger charge is 2.02. The molecule has 1 aromatic heterocycles. The lowest BCUT2D eigenvalue weighted by molar-refractivity contribution is 0.0691. The third-order valence-corrected chi connectivity index (χ3v) is 3.15. The second-order valence-corrected chi connectivity index (χ2v) is 4.89. The van der Waals surface area contributed by atoms with Crippen molar-refractivity contribution in [3.63, 3.8) is 0 Å². The summed E-state index contributed by atoms with van der Waals surface area (Å²) in [4.78, 5) is 8.74. The van der Waals surface area contributed by atoms with E-state index in [0.717, 1.165) is 42.8 Å². The Kier molecular flexibility index (Phi) is 9.10. The first-order valence-corrected chi connectivity index (χ1v) is 7.94. The molecule has 20 heavy (non-hydrogen) atoms. The van der Waals surface area contributed by atoms with E-state index in [1.165, 1.54) is 11.8 Å². The quantitative estimate of drug-likeness (QED) is 0.368. The molecule has 0 amide bonds. The van der Waals surface area contributed by atoms with Gasteiger partial charge in [-0.05, 0) is 19.1 Å². The smallest absolute Gasteiger partial charge is 0.191 e. The SMILES string of the molecule is CNc1cc(NCCCCOCCOC)nc(SC)n1. The lowest BCUT2D eigenvalue weighted by Gasteiger charge is -2.09. The molecule has 0 aliphatic carbocycles. The van der Waals surface area contributed by atoms with Crippen molar-refractivity contribution in [2.24, 2.45) is 0 Å². The van der Waals surface area contributed by atoms with Crippen molar-refractivity contribution in [3.05, 3.63) is 6.07 Å².